The van der Waals surface area contributed by atoms with Crippen molar-refractivity contribution in [3.8, 4) is 0 Å². The molecule has 3 nitrogen and oxygen atoms in total. The molecule has 30 heavy (non-hydrogen) atoms. The van der Waals surface area contributed by atoms with Gasteiger partial charge in [0.15, 0.2) is 0 Å². The molecular weight excluding hydrogens is 377 g/mol. The van der Waals surface area contributed by atoms with Crippen LogP contribution in [0.25, 0.3) is 17.2 Å². The van der Waals surface area contributed by atoms with Crippen LogP contribution in [0.5, 0.6) is 0 Å². The van der Waals surface area contributed by atoms with Crippen molar-refractivity contribution in [3.63, 3.8) is 0 Å². The molecule has 0 bridgehead atoms. The van der Waals surface area contributed by atoms with Crippen LogP contribution in [0.15, 0.2) is 78.4 Å². The highest BCUT2D eigenvalue weighted by molar-refractivity contribution is 6.07. The van der Waals surface area contributed by atoms with Gasteiger partial charge in [-0.2, -0.15) is 0 Å². The van der Waals surface area contributed by atoms with E-state index in [1.807, 2.05) is 56.4 Å². The van der Waals surface area contributed by atoms with E-state index in [0.717, 1.165) is 33.6 Å². The Balaban J connectivity index is 1.76. The smallest absolute Gasteiger partial charge is 0.307 e. The molecule has 0 spiro atoms. The van der Waals surface area contributed by atoms with Gasteiger partial charge in [-0.15, -0.1) is 0 Å². The van der Waals surface area contributed by atoms with Gasteiger partial charge in [-0.25, -0.2) is 4.39 Å². The third-order valence-corrected chi connectivity index (χ3v) is 5.49. The van der Waals surface area contributed by atoms with Gasteiger partial charge in [-0.3, -0.25) is 4.79 Å². The van der Waals surface area contributed by atoms with Gasteiger partial charge in [0.1, 0.15) is 5.82 Å². The third kappa shape index (κ3) is 3.77. The topological polar surface area (TPSA) is 40.5 Å². The van der Waals surface area contributed by atoms with Crippen molar-refractivity contribution in [3.05, 3.63) is 101 Å². The molecule has 0 aliphatic heterocycles. The number of para-hydroxylation sites is 1. The zero-order valence-electron chi connectivity index (χ0n) is 16.9. The summed E-state index contributed by atoms with van der Waals surface area (Å²) in [7, 11) is 2.02. The number of carboxylic acids is 1. The summed E-state index contributed by atoms with van der Waals surface area (Å²) in [5.74, 6) is -1.29. The first-order valence-corrected chi connectivity index (χ1v) is 9.77. The molecule has 0 amide bonds. The Morgan fingerprint density at radius 3 is 2.43 bits per heavy atom. The van der Waals surface area contributed by atoms with E-state index in [1.165, 1.54) is 12.1 Å². The first kappa shape index (κ1) is 19.6. The first-order chi connectivity index (χ1) is 14.4. The third-order valence-electron chi connectivity index (χ3n) is 5.49. The SMILES string of the molecule is CC1=C(CC(=O)O)c2cc(F)ccc2/C1=C\c1cccc(N(C)c2ccccc2)c1. The summed E-state index contributed by atoms with van der Waals surface area (Å²) in [5, 5.41) is 9.32. The molecule has 3 aromatic rings. The number of rotatable bonds is 5. The fourth-order valence-electron chi connectivity index (χ4n) is 3.92. The molecule has 0 saturated carbocycles. The second-order valence-corrected chi connectivity index (χ2v) is 7.41. The highest BCUT2D eigenvalue weighted by atomic mass is 19.1. The lowest BCUT2D eigenvalue weighted by molar-refractivity contribution is -0.135. The molecule has 0 atom stereocenters. The fourth-order valence-corrected chi connectivity index (χ4v) is 3.92. The maximum atomic E-state index is 13.9. The van der Waals surface area contributed by atoms with Crippen LogP contribution in [-0.4, -0.2) is 18.1 Å². The number of halogens is 1. The normalized spacial score (nSPS) is 14.2. The Morgan fingerprint density at radius 1 is 0.967 bits per heavy atom. The van der Waals surface area contributed by atoms with E-state index in [1.54, 1.807) is 6.07 Å². The quantitative estimate of drug-likeness (QED) is 0.540. The zero-order valence-corrected chi connectivity index (χ0v) is 16.9. The standard InChI is InChI=1S/C26H22FNO2/c1-17-23(22-12-11-19(27)15-25(22)24(17)16-26(29)30)14-18-7-6-10-21(13-18)28(2)20-8-4-3-5-9-20/h3-15H,16H2,1-2H3,(H,29,30)/b23-14-. The highest BCUT2D eigenvalue weighted by Gasteiger charge is 2.25. The Labute approximate surface area is 175 Å². The van der Waals surface area contributed by atoms with Gasteiger partial charge < -0.3 is 10.0 Å². The van der Waals surface area contributed by atoms with Crippen molar-refractivity contribution in [1.29, 1.82) is 0 Å². The van der Waals surface area contributed by atoms with Gasteiger partial charge in [0.25, 0.3) is 0 Å². The average molecular weight is 399 g/mol. The van der Waals surface area contributed by atoms with Crippen LogP contribution in [0.2, 0.25) is 0 Å². The lowest BCUT2D eigenvalue weighted by Gasteiger charge is -2.20. The van der Waals surface area contributed by atoms with Gasteiger partial charge >= 0.3 is 5.97 Å². The van der Waals surface area contributed by atoms with E-state index in [-0.39, 0.29) is 12.2 Å². The molecule has 0 unspecified atom stereocenters. The second-order valence-electron chi connectivity index (χ2n) is 7.41. The largest absolute Gasteiger partial charge is 0.481 e. The second kappa shape index (κ2) is 7.99. The molecule has 0 heterocycles. The monoisotopic (exact) mass is 399 g/mol. The summed E-state index contributed by atoms with van der Waals surface area (Å²) in [6.07, 6.45) is 1.92. The number of hydrogen-bond acceptors (Lipinski definition) is 2. The Morgan fingerprint density at radius 2 is 1.70 bits per heavy atom. The van der Waals surface area contributed by atoms with Crippen LogP contribution in [0, 0.1) is 5.82 Å². The molecule has 0 fully saturated rings. The van der Waals surface area contributed by atoms with Crippen molar-refractivity contribution >= 4 is 34.6 Å². The predicted molar refractivity (Wildman–Crippen MR) is 120 cm³/mol. The maximum Gasteiger partial charge on any atom is 0.307 e. The number of fused-ring (bicyclic) bond motifs is 1. The molecule has 150 valence electrons. The Kier molecular flexibility index (Phi) is 5.23. The van der Waals surface area contributed by atoms with Gasteiger partial charge in [-0.05, 0) is 82.8 Å². The first-order valence-electron chi connectivity index (χ1n) is 9.77. The number of allylic oxidation sites excluding steroid dienone is 2. The number of benzene rings is 3. The highest BCUT2D eigenvalue weighted by Crippen LogP contribution is 2.44. The van der Waals surface area contributed by atoms with Gasteiger partial charge in [0.05, 0.1) is 6.42 Å². The molecule has 0 saturated heterocycles. The van der Waals surface area contributed by atoms with Crippen LogP contribution in [0.4, 0.5) is 15.8 Å². The van der Waals surface area contributed by atoms with Crippen LogP contribution in [0.3, 0.4) is 0 Å². The van der Waals surface area contributed by atoms with Crippen LogP contribution < -0.4 is 4.90 Å². The summed E-state index contributed by atoms with van der Waals surface area (Å²) < 4.78 is 13.9. The fraction of sp³-hybridized carbons (Fsp3) is 0.115. The maximum absolute atomic E-state index is 13.9. The summed E-state index contributed by atoms with van der Waals surface area (Å²) in [5.41, 5.74) is 7.13. The van der Waals surface area contributed by atoms with E-state index in [4.69, 9.17) is 0 Å². The molecule has 1 N–H and O–H groups in total. The lowest BCUT2D eigenvalue weighted by atomic mass is 10.00. The van der Waals surface area contributed by atoms with E-state index in [2.05, 4.69) is 23.1 Å². The minimum atomic E-state index is -0.924. The zero-order chi connectivity index (χ0) is 21.3. The van der Waals surface area contributed by atoms with Gasteiger partial charge in [0, 0.05) is 18.4 Å². The summed E-state index contributed by atoms with van der Waals surface area (Å²) in [4.78, 5) is 13.5. The number of anilines is 2. The number of carbonyl (C=O) groups is 1. The summed E-state index contributed by atoms with van der Waals surface area (Å²) in [6, 6.07) is 22.8. The van der Waals surface area contributed by atoms with Crippen molar-refractivity contribution in [2.45, 2.75) is 13.3 Å². The van der Waals surface area contributed by atoms with Crippen LogP contribution in [-0.2, 0) is 4.79 Å². The van der Waals surface area contributed by atoms with E-state index in [9.17, 15) is 14.3 Å². The van der Waals surface area contributed by atoms with Crippen molar-refractivity contribution < 1.29 is 14.3 Å². The van der Waals surface area contributed by atoms with E-state index < -0.39 is 5.97 Å². The van der Waals surface area contributed by atoms with Crippen molar-refractivity contribution in [2.75, 3.05) is 11.9 Å². The van der Waals surface area contributed by atoms with Crippen LogP contribution in [0.1, 0.15) is 30.0 Å². The van der Waals surface area contributed by atoms with Gasteiger partial charge in [-0.1, -0.05) is 36.4 Å². The van der Waals surface area contributed by atoms with Gasteiger partial charge in [0.2, 0.25) is 0 Å². The molecule has 0 aromatic heterocycles. The minimum absolute atomic E-state index is 0.129. The lowest BCUT2D eigenvalue weighted by Crippen LogP contribution is -2.09. The molecule has 4 rings (SSSR count). The Bertz CT molecular complexity index is 1180. The molecule has 0 radical (unpaired) electrons. The molecule has 4 heteroatoms. The molecule has 3 aromatic carbocycles. The van der Waals surface area contributed by atoms with Crippen molar-refractivity contribution in [1.82, 2.24) is 0 Å². The Hall–Kier alpha value is -3.66. The number of hydrogen-bond donors (Lipinski definition) is 1. The molecular formula is C26H22FNO2. The number of nitrogens with zero attached hydrogens (tertiary/aromatic N) is 1. The average Bonchev–Trinajstić information content (AvgIpc) is 2.99. The predicted octanol–water partition coefficient (Wildman–Crippen LogP) is 6.40. The number of aliphatic carboxylic acids is 1. The molecule has 1 aliphatic carbocycles. The molecule has 1 aliphatic rings. The minimum Gasteiger partial charge on any atom is -0.481 e. The van der Waals surface area contributed by atoms with E-state index in [0.29, 0.717) is 11.1 Å². The number of carboxylic acid groups (broad SMARTS) is 1. The summed E-state index contributed by atoms with van der Waals surface area (Å²) in [6.45, 7) is 1.90. The summed E-state index contributed by atoms with van der Waals surface area (Å²) >= 11 is 0. The van der Waals surface area contributed by atoms with E-state index >= 15 is 0 Å². The van der Waals surface area contributed by atoms with Crippen molar-refractivity contribution in [2.24, 2.45) is 0 Å². The van der Waals surface area contributed by atoms with Crippen LogP contribution >= 0.6 is 0 Å².